The number of fused-ring (bicyclic) bond motifs is 1. The molecule has 1 aromatic carbocycles. The van der Waals surface area contributed by atoms with Crippen LogP contribution in [0, 0.1) is 11.6 Å². The normalized spacial score (nSPS) is 11.2. The molecule has 0 spiro atoms. The SMILES string of the molecule is COC(=O)c1ccn2c(Cl)c(-c3c(F)cc(F)cc3-c3cn[nH]c3Cl)nc2c1. The van der Waals surface area contributed by atoms with E-state index in [-0.39, 0.29) is 38.3 Å². The molecule has 6 nitrogen and oxygen atoms in total. The van der Waals surface area contributed by atoms with E-state index in [0.29, 0.717) is 5.56 Å². The maximum Gasteiger partial charge on any atom is 0.338 e. The second kappa shape index (κ2) is 6.88. The first-order valence-electron chi connectivity index (χ1n) is 7.85. The van der Waals surface area contributed by atoms with E-state index in [1.165, 1.54) is 36.0 Å². The number of nitrogens with one attached hydrogen (secondary N) is 1. The largest absolute Gasteiger partial charge is 0.465 e. The van der Waals surface area contributed by atoms with E-state index in [0.717, 1.165) is 12.1 Å². The molecule has 0 atom stereocenters. The molecule has 0 aliphatic carbocycles. The fourth-order valence-electron chi connectivity index (χ4n) is 2.90. The summed E-state index contributed by atoms with van der Waals surface area (Å²) in [6.45, 7) is 0. The van der Waals surface area contributed by atoms with Crippen molar-refractivity contribution in [3.05, 3.63) is 64.2 Å². The van der Waals surface area contributed by atoms with Gasteiger partial charge in [-0.1, -0.05) is 23.2 Å². The Morgan fingerprint density at radius 3 is 2.68 bits per heavy atom. The number of nitrogens with zero attached hydrogens (tertiary/aromatic N) is 3. The molecular weight excluding hydrogens is 413 g/mol. The number of rotatable bonds is 3. The van der Waals surface area contributed by atoms with Gasteiger partial charge in [0.25, 0.3) is 0 Å². The summed E-state index contributed by atoms with van der Waals surface area (Å²) in [7, 11) is 1.26. The van der Waals surface area contributed by atoms with Gasteiger partial charge in [-0.25, -0.2) is 18.6 Å². The van der Waals surface area contributed by atoms with E-state index >= 15 is 0 Å². The molecular formula is C18H10Cl2F2N4O2. The lowest BCUT2D eigenvalue weighted by atomic mass is 9.99. The minimum atomic E-state index is -0.870. The van der Waals surface area contributed by atoms with Gasteiger partial charge in [-0.3, -0.25) is 9.50 Å². The second-order valence-electron chi connectivity index (χ2n) is 5.79. The van der Waals surface area contributed by atoms with Gasteiger partial charge in [-0.05, 0) is 18.2 Å². The Bertz CT molecular complexity index is 1240. The first-order chi connectivity index (χ1) is 13.4. The molecule has 10 heteroatoms. The van der Waals surface area contributed by atoms with Crippen LogP contribution in [0.15, 0.2) is 36.7 Å². The molecule has 0 bridgehead atoms. The van der Waals surface area contributed by atoms with Crippen LogP contribution >= 0.6 is 23.2 Å². The summed E-state index contributed by atoms with van der Waals surface area (Å²) >= 11 is 12.5. The van der Waals surface area contributed by atoms with Crippen LogP contribution in [0.25, 0.3) is 28.0 Å². The molecule has 28 heavy (non-hydrogen) atoms. The maximum absolute atomic E-state index is 14.8. The number of hydrogen-bond donors (Lipinski definition) is 1. The number of carbonyl (C=O) groups excluding carboxylic acids is 1. The summed E-state index contributed by atoms with van der Waals surface area (Å²) in [6, 6.07) is 4.79. The van der Waals surface area contributed by atoms with Gasteiger partial charge in [-0.2, -0.15) is 5.10 Å². The average Bonchev–Trinajstić information content (AvgIpc) is 3.23. The zero-order valence-corrected chi connectivity index (χ0v) is 15.6. The molecule has 1 N–H and O–H groups in total. The minimum absolute atomic E-state index is 0.0435. The quantitative estimate of drug-likeness (QED) is 0.483. The first-order valence-corrected chi connectivity index (χ1v) is 8.61. The highest BCUT2D eigenvalue weighted by atomic mass is 35.5. The van der Waals surface area contributed by atoms with Gasteiger partial charge in [0, 0.05) is 29.0 Å². The van der Waals surface area contributed by atoms with Crippen LogP contribution in [0.4, 0.5) is 8.78 Å². The maximum atomic E-state index is 14.8. The number of esters is 1. The van der Waals surface area contributed by atoms with Crippen LogP contribution in [0.1, 0.15) is 10.4 Å². The molecule has 0 fully saturated rings. The highest BCUT2D eigenvalue weighted by Gasteiger charge is 2.23. The fourth-order valence-corrected chi connectivity index (χ4v) is 3.38. The summed E-state index contributed by atoms with van der Waals surface area (Å²) in [6.07, 6.45) is 2.85. The third kappa shape index (κ3) is 2.90. The lowest BCUT2D eigenvalue weighted by Crippen LogP contribution is -2.01. The number of aromatic nitrogens is 4. The third-order valence-electron chi connectivity index (χ3n) is 4.16. The van der Waals surface area contributed by atoms with Gasteiger partial charge in [0.2, 0.25) is 0 Å². The van der Waals surface area contributed by atoms with Crippen molar-refractivity contribution in [1.29, 1.82) is 0 Å². The van der Waals surface area contributed by atoms with E-state index in [4.69, 9.17) is 23.2 Å². The number of hydrogen-bond acceptors (Lipinski definition) is 4. The number of aromatic amines is 1. The molecule has 0 radical (unpaired) electrons. The van der Waals surface area contributed by atoms with E-state index in [2.05, 4.69) is 19.9 Å². The lowest BCUT2D eigenvalue weighted by Gasteiger charge is -2.09. The summed E-state index contributed by atoms with van der Waals surface area (Å²) in [4.78, 5) is 16.1. The number of methoxy groups -OCH3 is 1. The van der Waals surface area contributed by atoms with Gasteiger partial charge in [-0.15, -0.1) is 0 Å². The van der Waals surface area contributed by atoms with Crippen LogP contribution in [-0.2, 0) is 4.74 Å². The van der Waals surface area contributed by atoms with E-state index in [9.17, 15) is 13.6 Å². The molecule has 0 saturated carbocycles. The summed E-state index contributed by atoms with van der Waals surface area (Å²) in [5.41, 5.74) is 0.983. The van der Waals surface area contributed by atoms with E-state index in [1.54, 1.807) is 0 Å². The summed E-state index contributed by atoms with van der Waals surface area (Å²) in [5.74, 6) is -2.21. The highest BCUT2D eigenvalue weighted by molar-refractivity contribution is 6.33. The Labute approximate surface area is 166 Å². The Kier molecular flexibility index (Phi) is 4.52. The number of pyridine rings is 1. The van der Waals surface area contributed by atoms with E-state index in [1.807, 2.05) is 0 Å². The van der Waals surface area contributed by atoms with Gasteiger partial charge >= 0.3 is 5.97 Å². The summed E-state index contributed by atoms with van der Waals surface area (Å²) < 4.78 is 34.9. The number of carbonyl (C=O) groups is 1. The Morgan fingerprint density at radius 2 is 2.00 bits per heavy atom. The van der Waals surface area contributed by atoms with Crippen molar-refractivity contribution in [1.82, 2.24) is 19.6 Å². The minimum Gasteiger partial charge on any atom is -0.465 e. The van der Waals surface area contributed by atoms with Crippen molar-refractivity contribution >= 4 is 34.8 Å². The Balaban J connectivity index is 1.99. The number of H-pyrrole nitrogens is 1. The molecule has 142 valence electrons. The van der Waals surface area contributed by atoms with Gasteiger partial charge < -0.3 is 4.74 Å². The number of imidazole rings is 1. The first kappa shape index (κ1) is 18.4. The van der Waals surface area contributed by atoms with Crippen LogP contribution in [-0.4, -0.2) is 32.7 Å². The van der Waals surface area contributed by atoms with Gasteiger partial charge in [0.05, 0.1) is 18.9 Å². The van der Waals surface area contributed by atoms with Crippen molar-refractivity contribution in [2.75, 3.05) is 7.11 Å². The molecule has 4 rings (SSSR count). The van der Waals surface area contributed by atoms with Crippen molar-refractivity contribution in [3.8, 4) is 22.4 Å². The number of benzene rings is 1. The van der Waals surface area contributed by atoms with Crippen LogP contribution in [0.2, 0.25) is 10.3 Å². The molecule has 0 saturated heterocycles. The average molecular weight is 423 g/mol. The van der Waals surface area contributed by atoms with Crippen LogP contribution < -0.4 is 0 Å². The zero-order valence-electron chi connectivity index (χ0n) is 14.1. The monoisotopic (exact) mass is 422 g/mol. The molecule has 0 unspecified atom stereocenters. The number of halogens is 4. The predicted molar refractivity (Wildman–Crippen MR) is 99.5 cm³/mol. The second-order valence-corrected chi connectivity index (χ2v) is 6.53. The molecule has 0 aliphatic heterocycles. The summed E-state index contributed by atoms with van der Waals surface area (Å²) in [5, 5.41) is 6.49. The van der Waals surface area contributed by atoms with Crippen molar-refractivity contribution < 1.29 is 18.3 Å². The Hall–Kier alpha value is -2.97. The molecule has 0 amide bonds. The number of ether oxygens (including phenoxy) is 1. The fraction of sp³-hybridized carbons (Fsp3) is 0.0556. The van der Waals surface area contributed by atoms with Gasteiger partial charge in [0.1, 0.15) is 33.3 Å². The standard InChI is InChI=1S/C18H10Cl2F2N4O2/c1-28-18(27)8-2-3-26-13(4-8)24-15(17(26)20)14-10(5-9(21)6-12(14)22)11-7-23-25-16(11)19/h2-7H,1H3,(H,23,25). The van der Waals surface area contributed by atoms with Crippen molar-refractivity contribution in [2.45, 2.75) is 0 Å². The molecule has 3 heterocycles. The molecule has 0 aliphatic rings. The topological polar surface area (TPSA) is 72.3 Å². The lowest BCUT2D eigenvalue weighted by molar-refractivity contribution is 0.0600. The molecule has 4 aromatic rings. The van der Waals surface area contributed by atoms with Crippen LogP contribution in [0.3, 0.4) is 0 Å². The molecule has 3 aromatic heterocycles. The van der Waals surface area contributed by atoms with Crippen LogP contribution in [0.5, 0.6) is 0 Å². The Morgan fingerprint density at radius 1 is 1.21 bits per heavy atom. The van der Waals surface area contributed by atoms with Crippen molar-refractivity contribution in [3.63, 3.8) is 0 Å². The predicted octanol–water partition coefficient (Wildman–Crippen LogP) is 4.76. The van der Waals surface area contributed by atoms with Gasteiger partial charge in [0.15, 0.2) is 0 Å². The van der Waals surface area contributed by atoms with E-state index < -0.39 is 17.6 Å². The van der Waals surface area contributed by atoms with Crippen molar-refractivity contribution in [2.24, 2.45) is 0 Å². The zero-order chi connectivity index (χ0) is 20.0. The highest BCUT2D eigenvalue weighted by Crippen LogP contribution is 2.40. The third-order valence-corrected chi connectivity index (χ3v) is 4.81. The smallest absolute Gasteiger partial charge is 0.338 e.